The molecule has 0 bridgehead atoms. The van der Waals surface area contributed by atoms with E-state index in [1.807, 2.05) is 0 Å². The number of carboxylic acids is 1. The number of nitrogens with one attached hydrogen (secondary N) is 1. The summed E-state index contributed by atoms with van der Waals surface area (Å²) in [6.07, 6.45) is -4.85. The van der Waals surface area contributed by atoms with Gasteiger partial charge in [-0.1, -0.05) is 12.1 Å². The predicted molar refractivity (Wildman–Crippen MR) is 64.8 cm³/mol. The smallest absolute Gasteiger partial charge is 0.337 e. The molecule has 1 aliphatic heterocycles. The number of carbonyl (C=O) groups is 1. The molecule has 0 spiro atoms. The molecule has 5 N–H and O–H groups in total. The molecular weight excluding hydrogens is 254 g/mol. The Morgan fingerprint density at radius 2 is 1.89 bits per heavy atom. The monoisotopic (exact) mass is 269 g/mol. The molecular formula is C12H15NO6. The summed E-state index contributed by atoms with van der Waals surface area (Å²) in [5.41, 5.74) is 0.293. The maximum atomic E-state index is 11.0. The maximum Gasteiger partial charge on any atom is 0.337 e. The molecule has 1 aromatic carbocycles. The molecule has 1 fully saturated rings. The molecule has 0 unspecified atom stereocenters. The zero-order chi connectivity index (χ0) is 14.0. The van der Waals surface area contributed by atoms with Crippen molar-refractivity contribution in [2.45, 2.75) is 24.5 Å². The fourth-order valence-corrected chi connectivity index (χ4v) is 1.88. The second-order valence-electron chi connectivity index (χ2n) is 4.30. The molecule has 1 saturated heterocycles. The van der Waals surface area contributed by atoms with Gasteiger partial charge in [0.15, 0.2) is 6.23 Å². The van der Waals surface area contributed by atoms with Crippen LogP contribution in [-0.4, -0.2) is 57.5 Å². The van der Waals surface area contributed by atoms with Crippen LogP contribution >= 0.6 is 0 Å². The predicted octanol–water partition coefficient (Wildman–Crippen LogP) is -0.764. The van der Waals surface area contributed by atoms with Gasteiger partial charge in [-0.05, 0) is 12.1 Å². The lowest BCUT2D eigenvalue weighted by molar-refractivity contribution is -0.178. The van der Waals surface area contributed by atoms with Gasteiger partial charge in [-0.25, -0.2) is 4.79 Å². The molecule has 19 heavy (non-hydrogen) atoms. The molecule has 1 heterocycles. The zero-order valence-corrected chi connectivity index (χ0v) is 9.93. The Hall–Kier alpha value is -1.67. The van der Waals surface area contributed by atoms with Crippen molar-refractivity contribution in [2.24, 2.45) is 0 Å². The molecule has 1 aliphatic rings. The first-order chi connectivity index (χ1) is 9.00. The highest BCUT2D eigenvalue weighted by molar-refractivity contribution is 5.94. The van der Waals surface area contributed by atoms with Gasteiger partial charge in [-0.3, -0.25) is 0 Å². The maximum absolute atomic E-state index is 11.0. The third-order valence-corrected chi connectivity index (χ3v) is 2.96. The Morgan fingerprint density at radius 1 is 1.21 bits per heavy atom. The van der Waals surface area contributed by atoms with Crippen LogP contribution in [-0.2, 0) is 4.74 Å². The summed E-state index contributed by atoms with van der Waals surface area (Å²) < 4.78 is 5.15. The number of hydrogen-bond acceptors (Lipinski definition) is 6. The summed E-state index contributed by atoms with van der Waals surface area (Å²) in [7, 11) is 0. The number of benzene rings is 1. The van der Waals surface area contributed by atoms with Crippen LogP contribution in [0.1, 0.15) is 10.4 Å². The molecule has 0 aromatic heterocycles. The number of aromatic carboxylic acids is 1. The van der Waals surface area contributed by atoms with E-state index in [-0.39, 0.29) is 17.9 Å². The highest BCUT2D eigenvalue weighted by Crippen LogP contribution is 2.21. The third kappa shape index (κ3) is 2.85. The van der Waals surface area contributed by atoms with Gasteiger partial charge in [0.05, 0.1) is 17.9 Å². The molecule has 0 radical (unpaired) electrons. The van der Waals surface area contributed by atoms with Crippen LogP contribution in [0.4, 0.5) is 5.69 Å². The van der Waals surface area contributed by atoms with Gasteiger partial charge in [0.1, 0.15) is 18.3 Å². The van der Waals surface area contributed by atoms with Crippen LogP contribution in [0.2, 0.25) is 0 Å². The van der Waals surface area contributed by atoms with Crippen molar-refractivity contribution in [3.8, 4) is 0 Å². The Bertz CT molecular complexity index is 465. The Kier molecular flexibility index (Phi) is 4.01. The number of rotatable bonds is 3. The van der Waals surface area contributed by atoms with Crippen molar-refractivity contribution < 1.29 is 30.0 Å². The van der Waals surface area contributed by atoms with Crippen molar-refractivity contribution in [3.63, 3.8) is 0 Å². The average Bonchev–Trinajstić information content (AvgIpc) is 2.40. The zero-order valence-electron chi connectivity index (χ0n) is 9.93. The van der Waals surface area contributed by atoms with Crippen LogP contribution in [0.5, 0.6) is 0 Å². The largest absolute Gasteiger partial charge is 0.478 e. The molecule has 104 valence electrons. The molecule has 0 aliphatic carbocycles. The summed E-state index contributed by atoms with van der Waals surface area (Å²) in [5, 5.41) is 40.3. The summed E-state index contributed by atoms with van der Waals surface area (Å²) in [6, 6.07) is 6.14. The number of anilines is 1. The van der Waals surface area contributed by atoms with Gasteiger partial charge in [0.25, 0.3) is 0 Å². The number of hydrogen-bond donors (Lipinski definition) is 5. The lowest BCUT2D eigenvalue weighted by atomic mass is 10.0. The molecule has 2 rings (SSSR count). The molecule has 7 nitrogen and oxygen atoms in total. The topological polar surface area (TPSA) is 119 Å². The van der Waals surface area contributed by atoms with Crippen molar-refractivity contribution in [2.75, 3.05) is 11.9 Å². The van der Waals surface area contributed by atoms with E-state index in [9.17, 15) is 20.1 Å². The van der Waals surface area contributed by atoms with E-state index in [1.54, 1.807) is 12.1 Å². The first-order valence-corrected chi connectivity index (χ1v) is 5.75. The van der Waals surface area contributed by atoms with Crippen LogP contribution in [0.3, 0.4) is 0 Å². The lowest BCUT2D eigenvalue weighted by Gasteiger charge is -2.36. The number of aliphatic hydroxyl groups is 3. The molecule has 0 saturated carbocycles. The van der Waals surface area contributed by atoms with E-state index in [4.69, 9.17) is 9.84 Å². The van der Waals surface area contributed by atoms with E-state index in [0.29, 0.717) is 0 Å². The van der Waals surface area contributed by atoms with Crippen molar-refractivity contribution in [3.05, 3.63) is 29.8 Å². The molecule has 0 amide bonds. The quantitative estimate of drug-likeness (QED) is 0.489. The van der Waals surface area contributed by atoms with E-state index in [0.717, 1.165) is 0 Å². The third-order valence-electron chi connectivity index (χ3n) is 2.96. The summed E-state index contributed by atoms with van der Waals surface area (Å²) in [5.74, 6) is -1.12. The Morgan fingerprint density at radius 3 is 2.58 bits per heavy atom. The van der Waals surface area contributed by atoms with E-state index >= 15 is 0 Å². The van der Waals surface area contributed by atoms with Crippen molar-refractivity contribution in [1.29, 1.82) is 0 Å². The molecule has 1 aromatic rings. The number of aliphatic hydroxyl groups excluding tert-OH is 3. The van der Waals surface area contributed by atoms with Crippen molar-refractivity contribution in [1.82, 2.24) is 0 Å². The Labute approximate surface area is 109 Å². The highest BCUT2D eigenvalue weighted by atomic mass is 16.5. The van der Waals surface area contributed by atoms with Crippen molar-refractivity contribution >= 4 is 11.7 Å². The lowest BCUT2D eigenvalue weighted by Crippen LogP contribution is -2.55. The van der Waals surface area contributed by atoms with Gasteiger partial charge in [0.2, 0.25) is 0 Å². The minimum atomic E-state index is -1.36. The number of ether oxygens (including phenoxy) is 1. The number of para-hydroxylation sites is 1. The first-order valence-electron chi connectivity index (χ1n) is 5.75. The first kappa shape index (κ1) is 13.8. The normalized spacial score (nSPS) is 30.9. The highest BCUT2D eigenvalue weighted by Gasteiger charge is 2.37. The second kappa shape index (κ2) is 5.54. The standard InChI is InChI=1S/C12H15NO6/c14-8-5-19-11(10(16)9(8)15)13-7-4-2-1-3-6(7)12(17)18/h1-4,8-11,13-16H,5H2,(H,17,18)/t8-,9-,10-,11+/m0/s1. The SMILES string of the molecule is O=C(O)c1ccccc1N[C@@H]1OC[C@H](O)[C@H](O)[C@@H]1O. The van der Waals surface area contributed by atoms with Gasteiger partial charge in [-0.15, -0.1) is 0 Å². The summed E-state index contributed by atoms with van der Waals surface area (Å²) in [4.78, 5) is 11.0. The van der Waals surface area contributed by atoms with Gasteiger partial charge in [0, 0.05) is 0 Å². The van der Waals surface area contributed by atoms with Gasteiger partial charge >= 0.3 is 5.97 Å². The van der Waals surface area contributed by atoms with Crippen LogP contribution in [0.15, 0.2) is 24.3 Å². The second-order valence-corrected chi connectivity index (χ2v) is 4.30. The average molecular weight is 269 g/mol. The van der Waals surface area contributed by atoms with E-state index < -0.39 is 30.5 Å². The van der Waals surface area contributed by atoms with Crippen LogP contribution < -0.4 is 5.32 Å². The molecule has 4 atom stereocenters. The fraction of sp³-hybridized carbons (Fsp3) is 0.417. The summed E-state index contributed by atoms with van der Waals surface area (Å²) >= 11 is 0. The minimum absolute atomic E-state index is 0.0268. The van der Waals surface area contributed by atoms with Gasteiger partial charge < -0.3 is 30.5 Å². The summed E-state index contributed by atoms with van der Waals surface area (Å²) in [6.45, 7) is -0.148. The number of carboxylic acid groups (broad SMARTS) is 1. The fourth-order valence-electron chi connectivity index (χ4n) is 1.88. The minimum Gasteiger partial charge on any atom is -0.478 e. The van der Waals surface area contributed by atoms with Gasteiger partial charge in [-0.2, -0.15) is 0 Å². The Balaban J connectivity index is 2.15. The van der Waals surface area contributed by atoms with E-state index in [2.05, 4.69) is 5.32 Å². The van der Waals surface area contributed by atoms with Crippen LogP contribution in [0.25, 0.3) is 0 Å². The van der Waals surface area contributed by atoms with E-state index in [1.165, 1.54) is 12.1 Å². The van der Waals surface area contributed by atoms with Crippen LogP contribution in [0, 0.1) is 0 Å². The molecule has 7 heteroatoms.